The predicted octanol–water partition coefficient (Wildman–Crippen LogP) is 1.67. The van der Waals surface area contributed by atoms with Crippen molar-refractivity contribution < 1.29 is 5.11 Å². The molecule has 1 saturated carbocycles. The van der Waals surface area contributed by atoms with Crippen molar-refractivity contribution in [1.82, 2.24) is 19.4 Å². The molecule has 0 amide bonds. The first-order valence-electron chi connectivity index (χ1n) is 9.36. The van der Waals surface area contributed by atoms with Gasteiger partial charge in [-0.1, -0.05) is 6.92 Å². The van der Waals surface area contributed by atoms with Gasteiger partial charge < -0.3 is 14.6 Å². The summed E-state index contributed by atoms with van der Waals surface area (Å²) < 4.78 is 2.40. The van der Waals surface area contributed by atoms with Gasteiger partial charge in [-0.25, -0.2) is 4.98 Å². The number of aromatic nitrogens is 2. The highest BCUT2D eigenvalue weighted by molar-refractivity contribution is 5.18. The minimum absolute atomic E-state index is 0.240. The molecule has 128 valence electrons. The number of rotatable bonds is 5. The highest BCUT2D eigenvalue weighted by Crippen LogP contribution is 2.37. The first-order chi connectivity index (χ1) is 11.2. The van der Waals surface area contributed by atoms with Crippen LogP contribution in [0, 0.1) is 5.92 Å². The summed E-state index contributed by atoms with van der Waals surface area (Å²) in [6.45, 7) is 8.19. The van der Waals surface area contributed by atoms with E-state index >= 15 is 0 Å². The number of nitrogens with zero attached hydrogens (tertiary/aromatic N) is 4. The maximum Gasteiger partial charge on any atom is 0.0954 e. The molecule has 1 aliphatic carbocycles. The van der Waals surface area contributed by atoms with E-state index in [2.05, 4.69) is 26.3 Å². The standard InChI is InChI=1S/C18H30N4O/c1-14-4-7-20(8-5-14)10-16(23)11-21-9-6-18-17(12-21)19-13-22(18)15-2-3-15/h13-16,23H,2-12H2,1H3/t16-/m0/s1. The van der Waals surface area contributed by atoms with Crippen LogP contribution in [0.2, 0.25) is 0 Å². The second-order valence-electron chi connectivity index (χ2n) is 7.90. The van der Waals surface area contributed by atoms with E-state index in [9.17, 15) is 5.11 Å². The van der Waals surface area contributed by atoms with Gasteiger partial charge in [0.2, 0.25) is 0 Å². The highest BCUT2D eigenvalue weighted by atomic mass is 16.3. The van der Waals surface area contributed by atoms with Crippen LogP contribution in [0.1, 0.15) is 50.0 Å². The molecule has 0 aromatic carbocycles. The molecule has 3 heterocycles. The van der Waals surface area contributed by atoms with Gasteiger partial charge in [-0.15, -0.1) is 0 Å². The third-order valence-electron chi connectivity index (χ3n) is 5.78. The number of β-amino-alcohol motifs (C(OH)–C–C–N with tert-alkyl or cyclic N) is 1. The number of aliphatic hydroxyl groups is 1. The molecule has 0 radical (unpaired) electrons. The molecule has 5 nitrogen and oxygen atoms in total. The zero-order valence-electron chi connectivity index (χ0n) is 14.3. The Morgan fingerprint density at radius 3 is 2.61 bits per heavy atom. The topological polar surface area (TPSA) is 44.5 Å². The molecule has 1 N–H and O–H groups in total. The van der Waals surface area contributed by atoms with Crippen LogP contribution in [-0.4, -0.2) is 63.3 Å². The van der Waals surface area contributed by atoms with Crippen LogP contribution >= 0.6 is 0 Å². The fourth-order valence-corrected chi connectivity index (χ4v) is 4.11. The van der Waals surface area contributed by atoms with Crippen molar-refractivity contribution in [2.45, 2.75) is 57.7 Å². The smallest absolute Gasteiger partial charge is 0.0954 e. The molecule has 1 aromatic heterocycles. The fourth-order valence-electron chi connectivity index (χ4n) is 4.11. The Bertz CT molecular complexity index is 531. The van der Waals surface area contributed by atoms with Crippen LogP contribution < -0.4 is 0 Å². The van der Waals surface area contributed by atoms with E-state index in [1.165, 1.54) is 37.1 Å². The number of aliphatic hydroxyl groups excluding tert-OH is 1. The van der Waals surface area contributed by atoms with Gasteiger partial charge in [-0.2, -0.15) is 0 Å². The van der Waals surface area contributed by atoms with Gasteiger partial charge in [0.25, 0.3) is 0 Å². The molecule has 2 fully saturated rings. The second kappa shape index (κ2) is 6.54. The summed E-state index contributed by atoms with van der Waals surface area (Å²) in [5, 5.41) is 10.5. The summed E-state index contributed by atoms with van der Waals surface area (Å²) in [4.78, 5) is 9.44. The number of piperidine rings is 1. The predicted molar refractivity (Wildman–Crippen MR) is 90.3 cm³/mol. The lowest BCUT2D eigenvalue weighted by Gasteiger charge is -2.34. The molecule has 0 bridgehead atoms. The van der Waals surface area contributed by atoms with Gasteiger partial charge in [0, 0.05) is 44.3 Å². The minimum atomic E-state index is -0.240. The first-order valence-corrected chi connectivity index (χ1v) is 9.36. The van der Waals surface area contributed by atoms with E-state index in [0.29, 0.717) is 0 Å². The first kappa shape index (κ1) is 15.6. The molecule has 3 aliphatic rings. The molecule has 4 rings (SSSR count). The minimum Gasteiger partial charge on any atom is -0.390 e. The number of hydrogen-bond donors (Lipinski definition) is 1. The Morgan fingerprint density at radius 1 is 1.13 bits per heavy atom. The van der Waals surface area contributed by atoms with Crippen molar-refractivity contribution in [3.8, 4) is 0 Å². The maximum atomic E-state index is 10.5. The van der Waals surface area contributed by atoms with Crippen molar-refractivity contribution in [3.05, 3.63) is 17.7 Å². The van der Waals surface area contributed by atoms with Gasteiger partial charge in [0.1, 0.15) is 0 Å². The average molecular weight is 318 g/mol. The fraction of sp³-hybridized carbons (Fsp3) is 0.833. The summed E-state index contributed by atoms with van der Waals surface area (Å²) in [7, 11) is 0. The molecular formula is C18H30N4O. The number of fused-ring (bicyclic) bond motifs is 1. The monoisotopic (exact) mass is 318 g/mol. The van der Waals surface area contributed by atoms with Gasteiger partial charge in [-0.3, -0.25) is 4.90 Å². The Morgan fingerprint density at radius 2 is 1.87 bits per heavy atom. The van der Waals surface area contributed by atoms with Crippen molar-refractivity contribution in [2.75, 3.05) is 32.7 Å². The van der Waals surface area contributed by atoms with Crippen LogP contribution in [0.4, 0.5) is 0 Å². The van der Waals surface area contributed by atoms with E-state index in [1.54, 1.807) is 0 Å². The van der Waals surface area contributed by atoms with Gasteiger partial charge >= 0.3 is 0 Å². The lowest BCUT2D eigenvalue weighted by molar-refractivity contribution is 0.0570. The SMILES string of the molecule is CC1CCN(C[C@H](O)CN2CCc3c(ncn3C3CC3)C2)CC1. The average Bonchev–Trinajstić information content (AvgIpc) is 3.29. The number of imidazole rings is 1. The molecule has 2 aliphatic heterocycles. The molecule has 23 heavy (non-hydrogen) atoms. The lowest BCUT2D eigenvalue weighted by atomic mass is 9.99. The van der Waals surface area contributed by atoms with Crippen molar-refractivity contribution in [1.29, 1.82) is 0 Å². The van der Waals surface area contributed by atoms with Gasteiger partial charge in [0.05, 0.1) is 18.1 Å². The Kier molecular flexibility index (Phi) is 4.43. The van der Waals surface area contributed by atoms with Crippen LogP contribution in [-0.2, 0) is 13.0 Å². The van der Waals surface area contributed by atoms with E-state index < -0.39 is 0 Å². The van der Waals surface area contributed by atoms with E-state index in [0.717, 1.165) is 57.6 Å². The summed E-state index contributed by atoms with van der Waals surface area (Å²) in [6.07, 6.45) is 8.07. The number of hydrogen-bond acceptors (Lipinski definition) is 4. The largest absolute Gasteiger partial charge is 0.390 e. The van der Waals surface area contributed by atoms with Crippen LogP contribution in [0.3, 0.4) is 0 Å². The highest BCUT2D eigenvalue weighted by Gasteiger charge is 2.30. The van der Waals surface area contributed by atoms with Crippen molar-refractivity contribution >= 4 is 0 Å². The maximum absolute atomic E-state index is 10.5. The Balaban J connectivity index is 1.28. The van der Waals surface area contributed by atoms with Crippen molar-refractivity contribution in [2.24, 2.45) is 5.92 Å². The normalized spacial score (nSPS) is 25.5. The molecular weight excluding hydrogens is 288 g/mol. The lowest BCUT2D eigenvalue weighted by Crippen LogP contribution is -2.44. The van der Waals surface area contributed by atoms with Crippen molar-refractivity contribution in [3.63, 3.8) is 0 Å². The zero-order valence-corrected chi connectivity index (χ0v) is 14.3. The number of likely N-dealkylation sites (tertiary alicyclic amines) is 1. The molecule has 0 unspecified atom stereocenters. The van der Waals surface area contributed by atoms with Gasteiger partial charge in [-0.05, 0) is 44.7 Å². The van der Waals surface area contributed by atoms with Crippen LogP contribution in [0.15, 0.2) is 6.33 Å². The van der Waals surface area contributed by atoms with E-state index in [-0.39, 0.29) is 6.10 Å². The Hall–Kier alpha value is -0.910. The Labute approximate surface area is 139 Å². The summed E-state index contributed by atoms with van der Waals surface area (Å²) in [5.41, 5.74) is 2.69. The molecule has 1 aromatic rings. The summed E-state index contributed by atoms with van der Waals surface area (Å²) in [6, 6.07) is 0.727. The van der Waals surface area contributed by atoms with E-state index in [1.807, 2.05) is 6.33 Å². The third kappa shape index (κ3) is 3.62. The van der Waals surface area contributed by atoms with Crippen LogP contribution in [0.5, 0.6) is 0 Å². The summed E-state index contributed by atoms with van der Waals surface area (Å²) >= 11 is 0. The quantitative estimate of drug-likeness (QED) is 0.897. The van der Waals surface area contributed by atoms with E-state index in [4.69, 9.17) is 0 Å². The third-order valence-corrected chi connectivity index (χ3v) is 5.78. The van der Waals surface area contributed by atoms with Crippen LogP contribution in [0.25, 0.3) is 0 Å². The molecule has 5 heteroatoms. The summed E-state index contributed by atoms with van der Waals surface area (Å²) in [5.74, 6) is 0.852. The zero-order chi connectivity index (χ0) is 15.8. The molecule has 1 atom stereocenters. The molecule has 0 spiro atoms. The second-order valence-corrected chi connectivity index (χ2v) is 7.90. The van der Waals surface area contributed by atoms with Gasteiger partial charge in [0.15, 0.2) is 0 Å². The molecule has 1 saturated heterocycles.